The van der Waals surface area contributed by atoms with E-state index >= 15 is 0 Å². The molecule has 3 rings (SSSR count). The number of carbonyl (C=O) groups is 2. The van der Waals surface area contributed by atoms with Crippen LogP contribution in [0.1, 0.15) is 48.2 Å². The molecule has 1 heterocycles. The molecule has 1 saturated heterocycles. The van der Waals surface area contributed by atoms with Gasteiger partial charge in [0.1, 0.15) is 5.82 Å². The van der Waals surface area contributed by atoms with Gasteiger partial charge in [-0.1, -0.05) is 38.1 Å². The molecule has 0 aromatic heterocycles. The lowest BCUT2D eigenvalue weighted by atomic mass is 9.95. The molecule has 2 aromatic rings. The van der Waals surface area contributed by atoms with E-state index in [1.807, 2.05) is 0 Å². The molecule has 166 valence electrons. The first-order chi connectivity index (χ1) is 15.0. The highest BCUT2D eigenvalue weighted by Crippen LogP contribution is 2.20. The summed E-state index contributed by atoms with van der Waals surface area (Å²) in [5.74, 6) is -0.505. The van der Waals surface area contributed by atoms with Crippen LogP contribution in [0.5, 0.6) is 0 Å². The molecule has 0 unspecified atom stereocenters. The van der Waals surface area contributed by atoms with E-state index in [4.69, 9.17) is 0 Å². The fourth-order valence-corrected chi connectivity index (χ4v) is 3.92. The Bertz CT molecular complexity index is 855. The minimum atomic E-state index is -0.356. The highest BCUT2D eigenvalue weighted by Gasteiger charge is 2.27. The van der Waals surface area contributed by atoms with E-state index in [2.05, 4.69) is 48.3 Å². The van der Waals surface area contributed by atoms with Gasteiger partial charge in [0.2, 0.25) is 5.91 Å². The zero-order valence-electron chi connectivity index (χ0n) is 18.4. The van der Waals surface area contributed by atoms with Gasteiger partial charge in [0.25, 0.3) is 5.91 Å². The first-order valence-corrected chi connectivity index (χ1v) is 11.1. The van der Waals surface area contributed by atoms with Crippen LogP contribution in [0.2, 0.25) is 0 Å². The van der Waals surface area contributed by atoms with Crippen LogP contribution in [0, 0.1) is 11.7 Å². The van der Waals surface area contributed by atoms with Crippen molar-refractivity contribution in [1.82, 2.24) is 15.1 Å². The van der Waals surface area contributed by atoms with E-state index in [1.165, 1.54) is 29.8 Å². The van der Waals surface area contributed by atoms with E-state index in [1.54, 1.807) is 4.90 Å². The van der Waals surface area contributed by atoms with Crippen LogP contribution in [0.3, 0.4) is 0 Å². The summed E-state index contributed by atoms with van der Waals surface area (Å²) in [7, 11) is 0. The third-order valence-electron chi connectivity index (χ3n) is 6.03. The van der Waals surface area contributed by atoms with Gasteiger partial charge in [-0.05, 0) is 61.3 Å². The molecule has 2 aromatic carbocycles. The maximum absolute atomic E-state index is 13.1. The van der Waals surface area contributed by atoms with Crippen LogP contribution in [-0.4, -0.2) is 47.8 Å². The van der Waals surface area contributed by atoms with E-state index in [0.29, 0.717) is 38.0 Å². The number of benzene rings is 2. The number of amides is 2. The van der Waals surface area contributed by atoms with E-state index < -0.39 is 0 Å². The second-order valence-electron chi connectivity index (χ2n) is 8.07. The second kappa shape index (κ2) is 11.0. The normalized spacial score (nSPS) is 14.6. The number of nitrogens with one attached hydrogen (secondary N) is 1. The van der Waals surface area contributed by atoms with E-state index in [0.717, 1.165) is 25.2 Å². The standard InChI is InChI=1S/C25H32FN3O2/c1-3-28(4-2)18-20-7-5-19(6-8-20)17-27-24(30)21-13-15-29(16-14-21)25(31)22-9-11-23(26)12-10-22/h5-12,21H,3-4,13-18H2,1-2H3,(H,27,30). The summed E-state index contributed by atoms with van der Waals surface area (Å²) >= 11 is 0. The third-order valence-corrected chi connectivity index (χ3v) is 6.03. The van der Waals surface area contributed by atoms with Gasteiger partial charge in [-0.15, -0.1) is 0 Å². The van der Waals surface area contributed by atoms with Crippen molar-refractivity contribution in [3.05, 3.63) is 71.0 Å². The number of nitrogens with zero attached hydrogens (tertiary/aromatic N) is 2. The molecule has 0 aliphatic carbocycles. The molecule has 0 atom stereocenters. The molecule has 5 nitrogen and oxygen atoms in total. The Morgan fingerprint density at radius 3 is 2.13 bits per heavy atom. The molecule has 1 N–H and O–H groups in total. The highest BCUT2D eigenvalue weighted by atomic mass is 19.1. The summed E-state index contributed by atoms with van der Waals surface area (Å²) in [4.78, 5) is 29.2. The number of rotatable bonds is 8. The fraction of sp³-hybridized carbons (Fsp3) is 0.440. The van der Waals surface area contributed by atoms with Gasteiger partial charge < -0.3 is 10.2 Å². The number of hydrogen-bond donors (Lipinski definition) is 1. The van der Waals surface area contributed by atoms with E-state index in [9.17, 15) is 14.0 Å². The van der Waals surface area contributed by atoms with Crippen molar-refractivity contribution in [2.45, 2.75) is 39.8 Å². The maximum atomic E-state index is 13.1. The Balaban J connectivity index is 1.43. The molecule has 31 heavy (non-hydrogen) atoms. The molecule has 0 radical (unpaired) electrons. The van der Waals surface area contributed by atoms with Gasteiger partial charge >= 0.3 is 0 Å². The summed E-state index contributed by atoms with van der Waals surface area (Å²) in [6.07, 6.45) is 1.28. The van der Waals surface area contributed by atoms with Gasteiger partial charge in [-0.2, -0.15) is 0 Å². The van der Waals surface area contributed by atoms with Crippen LogP contribution in [0.25, 0.3) is 0 Å². The molecule has 1 aliphatic rings. The zero-order chi connectivity index (χ0) is 22.2. The predicted octanol–water partition coefficient (Wildman–Crippen LogP) is 3.84. The summed E-state index contributed by atoms with van der Waals surface area (Å²) in [5.41, 5.74) is 2.84. The summed E-state index contributed by atoms with van der Waals surface area (Å²) in [5, 5.41) is 3.04. The van der Waals surface area contributed by atoms with Crippen molar-refractivity contribution in [2.75, 3.05) is 26.2 Å². The first kappa shape index (κ1) is 22.9. The van der Waals surface area contributed by atoms with Crippen LogP contribution in [0.4, 0.5) is 4.39 Å². The summed E-state index contributed by atoms with van der Waals surface area (Å²) in [6, 6.07) is 14.0. The van der Waals surface area contributed by atoms with Crippen LogP contribution >= 0.6 is 0 Å². The Morgan fingerprint density at radius 1 is 0.968 bits per heavy atom. The van der Waals surface area contributed by atoms with Crippen molar-refractivity contribution in [1.29, 1.82) is 0 Å². The first-order valence-electron chi connectivity index (χ1n) is 11.1. The topological polar surface area (TPSA) is 52.7 Å². The predicted molar refractivity (Wildman–Crippen MR) is 120 cm³/mol. The van der Waals surface area contributed by atoms with Crippen molar-refractivity contribution >= 4 is 11.8 Å². The van der Waals surface area contributed by atoms with Gasteiger partial charge in [0, 0.05) is 37.7 Å². The SMILES string of the molecule is CCN(CC)Cc1ccc(CNC(=O)C2CCN(C(=O)c3ccc(F)cc3)CC2)cc1. The molecule has 6 heteroatoms. The number of carbonyl (C=O) groups excluding carboxylic acids is 2. The fourth-order valence-electron chi connectivity index (χ4n) is 3.92. The van der Waals surface area contributed by atoms with Crippen molar-refractivity contribution in [3.8, 4) is 0 Å². The van der Waals surface area contributed by atoms with Gasteiger partial charge in [0.05, 0.1) is 0 Å². The molecular weight excluding hydrogens is 393 g/mol. The lowest BCUT2D eigenvalue weighted by molar-refractivity contribution is -0.126. The van der Waals surface area contributed by atoms with Crippen LogP contribution in [0.15, 0.2) is 48.5 Å². The number of likely N-dealkylation sites (tertiary alicyclic amines) is 1. The monoisotopic (exact) mass is 425 g/mol. The number of hydrogen-bond acceptors (Lipinski definition) is 3. The quantitative estimate of drug-likeness (QED) is 0.699. The lowest BCUT2D eigenvalue weighted by Gasteiger charge is -2.31. The molecule has 2 amide bonds. The molecule has 0 spiro atoms. The maximum Gasteiger partial charge on any atom is 0.253 e. The Kier molecular flexibility index (Phi) is 8.18. The Hall–Kier alpha value is -2.73. The largest absolute Gasteiger partial charge is 0.352 e. The number of halogens is 1. The van der Waals surface area contributed by atoms with Crippen molar-refractivity contribution < 1.29 is 14.0 Å². The van der Waals surface area contributed by atoms with Crippen LogP contribution < -0.4 is 5.32 Å². The average molecular weight is 426 g/mol. The van der Waals surface area contributed by atoms with Crippen molar-refractivity contribution in [2.24, 2.45) is 5.92 Å². The molecule has 1 aliphatic heterocycles. The Morgan fingerprint density at radius 2 is 1.55 bits per heavy atom. The molecule has 1 fully saturated rings. The molecular formula is C25H32FN3O2. The lowest BCUT2D eigenvalue weighted by Crippen LogP contribution is -2.42. The smallest absolute Gasteiger partial charge is 0.253 e. The average Bonchev–Trinajstić information content (AvgIpc) is 2.82. The third kappa shape index (κ3) is 6.37. The second-order valence-corrected chi connectivity index (χ2v) is 8.07. The van der Waals surface area contributed by atoms with Gasteiger partial charge in [-0.3, -0.25) is 14.5 Å². The minimum Gasteiger partial charge on any atom is -0.352 e. The van der Waals surface area contributed by atoms with E-state index in [-0.39, 0.29) is 23.5 Å². The van der Waals surface area contributed by atoms with Crippen molar-refractivity contribution in [3.63, 3.8) is 0 Å². The zero-order valence-corrected chi connectivity index (χ0v) is 18.4. The number of piperidine rings is 1. The molecule has 0 bridgehead atoms. The highest BCUT2D eigenvalue weighted by molar-refractivity contribution is 5.94. The summed E-state index contributed by atoms with van der Waals surface area (Å²) in [6.45, 7) is 8.91. The Labute approximate surface area is 184 Å². The summed E-state index contributed by atoms with van der Waals surface area (Å²) < 4.78 is 13.1. The van der Waals surface area contributed by atoms with Gasteiger partial charge in [0.15, 0.2) is 0 Å². The molecule has 0 saturated carbocycles. The van der Waals surface area contributed by atoms with Gasteiger partial charge in [-0.25, -0.2) is 4.39 Å². The van der Waals surface area contributed by atoms with Crippen LogP contribution in [-0.2, 0) is 17.9 Å². The minimum absolute atomic E-state index is 0.0427.